The molecule has 0 aliphatic carbocycles. The number of nitrogens with zero attached hydrogens (tertiary/aromatic N) is 4. The van der Waals surface area contributed by atoms with E-state index in [1.54, 1.807) is 0 Å². The van der Waals surface area contributed by atoms with Crippen LogP contribution in [0.2, 0.25) is 5.15 Å². The van der Waals surface area contributed by atoms with Crippen LogP contribution in [0.4, 0.5) is 0 Å². The van der Waals surface area contributed by atoms with Crippen molar-refractivity contribution in [2.24, 2.45) is 0 Å². The first-order valence-electron chi connectivity index (χ1n) is 8.12. The monoisotopic (exact) mass is 352 g/mol. The number of aromatic nitrogens is 4. The molecule has 2 heterocycles. The number of fused-ring (bicyclic) bond motifs is 1. The van der Waals surface area contributed by atoms with Crippen LogP contribution in [-0.4, -0.2) is 19.9 Å². The van der Waals surface area contributed by atoms with E-state index >= 15 is 0 Å². The zero-order valence-electron chi connectivity index (χ0n) is 14.2. The predicted octanol–water partition coefficient (Wildman–Crippen LogP) is 5.30. The lowest BCUT2D eigenvalue weighted by molar-refractivity contribution is 0.432. The Labute approximate surface area is 150 Å². The highest BCUT2D eigenvalue weighted by Crippen LogP contribution is 2.31. The molecule has 0 saturated carbocycles. The molecule has 2 aromatic carbocycles. The van der Waals surface area contributed by atoms with Gasteiger partial charge in [-0.25, -0.2) is 0 Å². The van der Waals surface area contributed by atoms with E-state index in [4.69, 9.17) is 16.1 Å². The molecular weight excluding hydrogens is 336 g/mol. The highest BCUT2D eigenvalue weighted by molar-refractivity contribution is 6.34. The van der Waals surface area contributed by atoms with Gasteiger partial charge < -0.3 is 4.52 Å². The standard InChI is InChI=1S/C19H17ClN4O/c1-11(2)24-16-9-8-13(10-15(16)17(20)22-24)19-21-18(23-25-19)14-7-5-4-6-12(14)3/h4-11H,1-3H3. The number of hydrogen-bond acceptors (Lipinski definition) is 4. The van der Waals surface area contributed by atoms with E-state index in [1.165, 1.54) is 0 Å². The molecule has 0 unspecified atom stereocenters. The zero-order valence-corrected chi connectivity index (χ0v) is 14.9. The summed E-state index contributed by atoms with van der Waals surface area (Å²) in [6.07, 6.45) is 0. The van der Waals surface area contributed by atoms with Crippen molar-refractivity contribution in [3.8, 4) is 22.8 Å². The van der Waals surface area contributed by atoms with Crippen LogP contribution in [0.25, 0.3) is 33.7 Å². The first-order chi connectivity index (χ1) is 12.0. The maximum Gasteiger partial charge on any atom is 0.258 e. The molecule has 0 N–H and O–H groups in total. The first kappa shape index (κ1) is 15.8. The Morgan fingerprint density at radius 1 is 1.12 bits per heavy atom. The summed E-state index contributed by atoms with van der Waals surface area (Å²) in [4.78, 5) is 4.54. The minimum Gasteiger partial charge on any atom is -0.334 e. The van der Waals surface area contributed by atoms with E-state index in [2.05, 4.69) is 29.1 Å². The van der Waals surface area contributed by atoms with Crippen molar-refractivity contribution in [2.45, 2.75) is 26.8 Å². The highest BCUT2D eigenvalue weighted by atomic mass is 35.5. The minimum absolute atomic E-state index is 0.233. The fourth-order valence-corrected chi connectivity index (χ4v) is 3.14. The first-order valence-corrected chi connectivity index (χ1v) is 8.50. The van der Waals surface area contributed by atoms with Crippen molar-refractivity contribution in [2.75, 3.05) is 0 Å². The molecule has 126 valence electrons. The van der Waals surface area contributed by atoms with E-state index in [-0.39, 0.29) is 6.04 Å². The van der Waals surface area contributed by atoms with Gasteiger partial charge in [0.1, 0.15) is 0 Å². The molecule has 0 aliphatic heterocycles. The summed E-state index contributed by atoms with van der Waals surface area (Å²) in [5.74, 6) is 1.05. The number of aryl methyl sites for hydroxylation is 1. The van der Waals surface area contributed by atoms with E-state index in [9.17, 15) is 0 Å². The molecule has 0 fully saturated rings. The van der Waals surface area contributed by atoms with Crippen molar-refractivity contribution < 1.29 is 4.52 Å². The largest absolute Gasteiger partial charge is 0.334 e. The van der Waals surface area contributed by atoms with Crippen molar-refractivity contribution in [1.82, 2.24) is 19.9 Å². The molecule has 2 aromatic heterocycles. The molecule has 0 radical (unpaired) electrons. The molecule has 5 nitrogen and oxygen atoms in total. The van der Waals surface area contributed by atoms with Gasteiger partial charge in [-0.15, -0.1) is 0 Å². The molecule has 4 aromatic rings. The van der Waals surface area contributed by atoms with E-state index in [0.29, 0.717) is 16.9 Å². The molecular formula is C19H17ClN4O. The van der Waals surface area contributed by atoms with Crippen molar-refractivity contribution in [1.29, 1.82) is 0 Å². The third-order valence-corrected chi connectivity index (χ3v) is 4.49. The summed E-state index contributed by atoms with van der Waals surface area (Å²) >= 11 is 6.30. The maximum atomic E-state index is 6.30. The molecule has 0 amide bonds. The van der Waals surface area contributed by atoms with Gasteiger partial charge >= 0.3 is 0 Å². The van der Waals surface area contributed by atoms with E-state index < -0.39 is 0 Å². The lowest BCUT2D eigenvalue weighted by Gasteiger charge is -2.06. The Bertz CT molecular complexity index is 1060. The molecule has 0 spiro atoms. The van der Waals surface area contributed by atoms with E-state index in [0.717, 1.165) is 27.6 Å². The molecule has 0 saturated heterocycles. The normalized spacial score (nSPS) is 11.6. The number of benzene rings is 2. The Hall–Kier alpha value is -2.66. The molecule has 6 heteroatoms. The van der Waals surface area contributed by atoms with Gasteiger partial charge in [-0.3, -0.25) is 4.68 Å². The Balaban J connectivity index is 1.78. The van der Waals surface area contributed by atoms with Crippen LogP contribution in [-0.2, 0) is 0 Å². The molecule has 0 bridgehead atoms. The van der Waals surface area contributed by atoms with Crippen LogP contribution in [0, 0.1) is 6.92 Å². The summed E-state index contributed by atoms with van der Waals surface area (Å²) in [6.45, 7) is 6.17. The zero-order chi connectivity index (χ0) is 17.6. The quantitative estimate of drug-likeness (QED) is 0.502. The summed E-state index contributed by atoms with van der Waals surface area (Å²) < 4.78 is 7.38. The summed E-state index contributed by atoms with van der Waals surface area (Å²) in [7, 11) is 0. The second-order valence-corrected chi connectivity index (χ2v) is 6.66. The lowest BCUT2D eigenvalue weighted by atomic mass is 10.1. The molecule has 0 aliphatic rings. The van der Waals surface area contributed by atoms with Crippen LogP contribution >= 0.6 is 11.6 Å². The SMILES string of the molecule is Cc1ccccc1-c1noc(-c2ccc3c(c2)c(Cl)nn3C(C)C)n1. The fraction of sp³-hybridized carbons (Fsp3) is 0.211. The minimum atomic E-state index is 0.233. The number of hydrogen-bond donors (Lipinski definition) is 0. The number of halogens is 1. The average molecular weight is 353 g/mol. The smallest absolute Gasteiger partial charge is 0.258 e. The predicted molar refractivity (Wildman–Crippen MR) is 98.6 cm³/mol. The van der Waals surface area contributed by atoms with Gasteiger partial charge in [-0.05, 0) is 44.5 Å². The molecule has 0 atom stereocenters. The summed E-state index contributed by atoms with van der Waals surface area (Å²) in [5, 5.41) is 9.88. The molecule has 4 rings (SSSR count). The second-order valence-electron chi connectivity index (χ2n) is 6.30. The third kappa shape index (κ3) is 2.70. The number of rotatable bonds is 3. The van der Waals surface area contributed by atoms with Gasteiger partial charge in [0, 0.05) is 22.6 Å². The van der Waals surface area contributed by atoms with Crippen LogP contribution in [0.5, 0.6) is 0 Å². The van der Waals surface area contributed by atoms with Gasteiger partial charge in [0.25, 0.3) is 5.89 Å². The van der Waals surface area contributed by atoms with Gasteiger partial charge in [0.2, 0.25) is 5.82 Å². The van der Waals surface area contributed by atoms with Gasteiger partial charge in [-0.2, -0.15) is 10.1 Å². The van der Waals surface area contributed by atoms with Crippen LogP contribution in [0.15, 0.2) is 47.0 Å². The van der Waals surface area contributed by atoms with Crippen molar-refractivity contribution >= 4 is 22.5 Å². The van der Waals surface area contributed by atoms with Crippen LogP contribution < -0.4 is 0 Å². The van der Waals surface area contributed by atoms with Crippen molar-refractivity contribution in [3.63, 3.8) is 0 Å². The van der Waals surface area contributed by atoms with Crippen LogP contribution in [0.1, 0.15) is 25.5 Å². The maximum absolute atomic E-state index is 6.30. The molecule has 25 heavy (non-hydrogen) atoms. The Morgan fingerprint density at radius 3 is 2.68 bits per heavy atom. The Kier molecular flexibility index (Phi) is 3.81. The van der Waals surface area contributed by atoms with E-state index in [1.807, 2.05) is 54.1 Å². The van der Waals surface area contributed by atoms with Gasteiger partial charge in [0.15, 0.2) is 5.15 Å². The van der Waals surface area contributed by atoms with Gasteiger partial charge in [-0.1, -0.05) is 41.0 Å². The van der Waals surface area contributed by atoms with Gasteiger partial charge in [0.05, 0.1) is 5.52 Å². The fourth-order valence-electron chi connectivity index (χ4n) is 2.90. The van der Waals surface area contributed by atoms with Crippen LogP contribution in [0.3, 0.4) is 0 Å². The summed E-state index contributed by atoms with van der Waals surface area (Å²) in [6, 6.07) is 14.1. The lowest BCUT2D eigenvalue weighted by Crippen LogP contribution is -2.01. The summed E-state index contributed by atoms with van der Waals surface area (Å²) in [5.41, 5.74) is 3.88. The second kappa shape index (κ2) is 6.01. The Morgan fingerprint density at radius 2 is 1.92 bits per heavy atom. The average Bonchev–Trinajstić information content (AvgIpc) is 3.20. The van der Waals surface area contributed by atoms with Crippen molar-refractivity contribution in [3.05, 3.63) is 53.2 Å². The third-order valence-electron chi connectivity index (χ3n) is 4.21. The topological polar surface area (TPSA) is 56.7 Å². The highest BCUT2D eigenvalue weighted by Gasteiger charge is 2.16.